The summed E-state index contributed by atoms with van der Waals surface area (Å²) in [5, 5.41) is 16.7. The van der Waals surface area contributed by atoms with E-state index >= 15 is 0 Å². The third kappa shape index (κ3) is 3.20. The van der Waals surface area contributed by atoms with Crippen molar-refractivity contribution in [2.24, 2.45) is 0 Å². The van der Waals surface area contributed by atoms with Crippen molar-refractivity contribution in [3.05, 3.63) is 12.3 Å². The van der Waals surface area contributed by atoms with Gasteiger partial charge in [-0.15, -0.1) is 0 Å². The van der Waals surface area contributed by atoms with Gasteiger partial charge in [0.25, 0.3) is 0 Å². The lowest BCUT2D eigenvalue weighted by molar-refractivity contribution is -0.123. The molecule has 17 heavy (non-hydrogen) atoms. The second-order valence-electron chi connectivity index (χ2n) is 4.65. The summed E-state index contributed by atoms with van der Waals surface area (Å²) >= 11 is 0. The molecule has 0 radical (unpaired) electrons. The van der Waals surface area contributed by atoms with Crippen molar-refractivity contribution in [3.63, 3.8) is 0 Å². The van der Waals surface area contributed by atoms with Gasteiger partial charge in [0, 0.05) is 12.7 Å². The second-order valence-corrected chi connectivity index (χ2v) is 4.65. The van der Waals surface area contributed by atoms with Crippen LogP contribution in [0, 0.1) is 0 Å². The van der Waals surface area contributed by atoms with E-state index in [1.54, 1.807) is 12.3 Å². The molecule has 0 saturated heterocycles. The number of amides is 1. The average Bonchev–Trinajstić information content (AvgIpc) is 2.86. The normalized spacial score (nSPS) is 18.2. The van der Waals surface area contributed by atoms with Crippen molar-refractivity contribution in [2.75, 3.05) is 12.3 Å². The largest absolute Gasteiger partial charge is 0.388 e. The average molecular weight is 238 g/mol. The van der Waals surface area contributed by atoms with Crippen LogP contribution < -0.4 is 11.1 Å². The zero-order valence-corrected chi connectivity index (χ0v) is 9.72. The summed E-state index contributed by atoms with van der Waals surface area (Å²) in [6.07, 6.45) is 5.24. The summed E-state index contributed by atoms with van der Waals surface area (Å²) in [6.45, 7) is 0.454. The molecule has 4 N–H and O–H groups in total. The second kappa shape index (κ2) is 4.75. The molecule has 0 spiro atoms. The van der Waals surface area contributed by atoms with Gasteiger partial charge < -0.3 is 16.2 Å². The molecule has 1 aliphatic carbocycles. The molecule has 0 aliphatic heterocycles. The molecule has 1 aliphatic rings. The molecular formula is C11H18N4O2. The van der Waals surface area contributed by atoms with E-state index < -0.39 is 5.60 Å². The predicted octanol–water partition coefficient (Wildman–Crippen LogP) is -0.113. The maximum Gasteiger partial charge on any atom is 0.241 e. The number of carbonyl (C=O) groups excluding carboxylic acids is 1. The first-order chi connectivity index (χ1) is 8.07. The molecular weight excluding hydrogens is 220 g/mol. The van der Waals surface area contributed by atoms with Crippen LogP contribution in [0.3, 0.4) is 0 Å². The topological polar surface area (TPSA) is 93.2 Å². The first-order valence-corrected chi connectivity index (χ1v) is 5.85. The highest BCUT2D eigenvalue weighted by molar-refractivity contribution is 5.75. The van der Waals surface area contributed by atoms with Crippen LogP contribution in [0.4, 0.5) is 5.82 Å². The van der Waals surface area contributed by atoms with E-state index in [9.17, 15) is 9.90 Å². The Labute approximate surface area is 99.8 Å². The minimum Gasteiger partial charge on any atom is -0.388 e. The Hall–Kier alpha value is -1.56. The molecule has 1 fully saturated rings. The quantitative estimate of drug-likeness (QED) is 0.682. The van der Waals surface area contributed by atoms with Crippen molar-refractivity contribution >= 4 is 11.7 Å². The van der Waals surface area contributed by atoms with E-state index in [0.29, 0.717) is 12.4 Å². The fourth-order valence-corrected chi connectivity index (χ4v) is 2.14. The number of hydrogen-bond acceptors (Lipinski definition) is 4. The molecule has 94 valence electrons. The molecule has 0 unspecified atom stereocenters. The van der Waals surface area contributed by atoms with Gasteiger partial charge in [0.15, 0.2) is 0 Å². The zero-order chi connectivity index (χ0) is 12.3. The minimum atomic E-state index is -0.710. The first kappa shape index (κ1) is 11.9. The summed E-state index contributed by atoms with van der Waals surface area (Å²) in [5.74, 6) is 0.237. The van der Waals surface area contributed by atoms with Gasteiger partial charge >= 0.3 is 0 Å². The number of carbonyl (C=O) groups is 1. The summed E-state index contributed by atoms with van der Waals surface area (Å²) in [7, 11) is 0. The predicted molar refractivity (Wildman–Crippen MR) is 63.1 cm³/mol. The zero-order valence-electron chi connectivity index (χ0n) is 9.72. The Morgan fingerprint density at radius 3 is 2.88 bits per heavy atom. The van der Waals surface area contributed by atoms with Crippen molar-refractivity contribution in [1.82, 2.24) is 15.1 Å². The van der Waals surface area contributed by atoms with Crippen LogP contribution in [0.1, 0.15) is 25.7 Å². The lowest BCUT2D eigenvalue weighted by Gasteiger charge is -2.22. The van der Waals surface area contributed by atoms with Gasteiger partial charge in [-0.3, -0.25) is 9.48 Å². The molecule has 1 aromatic heterocycles. The monoisotopic (exact) mass is 238 g/mol. The van der Waals surface area contributed by atoms with Crippen LogP contribution in [0.2, 0.25) is 0 Å². The van der Waals surface area contributed by atoms with Crippen LogP contribution in [0.25, 0.3) is 0 Å². The fourth-order valence-electron chi connectivity index (χ4n) is 2.14. The summed E-state index contributed by atoms with van der Waals surface area (Å²) in [4.78, 5) is 11.6. The van der Waals surface area contributed by atoms with Crippen molar-refractivity contribution in [1.29, 1.82) is 0 Å². The van der Waals surface area contributed by atoms with Crippen LogP contribution >= 0.6 is 0 Å². The van der Waals surface area contributed by atoms with Crippen LogP contribution in [-0.4, -0.2) is 32.9 Å². The smallest absolute Gasteiger partial charge is 0.241 e. The highest BCUT2D eigenvalue weighted by Crippen LogP contribution is 2.28. The Balaban J connectivity index is 1.77. The molecule has 1 aromatic rings. The number of nitrogen functional groups attached to an aromatic ring is 1. The SMILES string of the molecule is Nc1ccn(CC(=O)NCC2(O)CCCC2)n1. The Kier molecular flexibility index (Phi) is 3.33. The van der Waals surface area contributed by atoms with Gasteiger partial charge in [-0.1, -0.05) is 12.8 Å². The van der Waals surface area contributed by atoms with Gasteiger partial charge in [-0.2, -0.15) is 5.10 Å². The lowest BCUT2D eigenvalue weighted by atomic mass is 10.0. The third-order valence-corrected chi connectivity index (χ3v) is 3.12. The number of aromatic nitrogens is 2. The first-order valence-electron chi connectivity index (χ1n) is 5.85. The summed E-state index contributed by atoms with van der Waals surface area (Å²) in [5.41, 5.74) is 4.74. The van der Waals surface area contributed by atoms with E-state index in [0.717, 1.165) is 25.7 Å². The van der Waals surface area contributed by atoms with Gasteiger partial charge in [-0.25, -0.2) is 0 Å². The van der Waals surface area contributed by atoms with E-state index in [1.807, 2.05) is 0 Å². The van der Waals surface area contributed by atoms with Crippen LogP contribution in [0.15, 0.2) is 12.3 Å². The van der Waals surface area contributed by atoms with E-state index in [2.05, 4.69) is 10.4 Å². The molecule has 0 atom stereocenters. The maximum absolute atomic E-state index is 11.6. The number of hydrogen-bond donors (Lipinski definition) is 3. The number of nitrogens with one attached hydrogen (secondary N) is 1. The number of anilines is 1. The number of nitrogens with two attached hydrogens (primary N) is 1. The minimum absolute atomic E-state index is 0.132. The molecule has 6 nitrogen and oxygen atoms in total. The van der Waals surface area contributed by atoms with Crippen LogP contribution in [0.5, 0.6) is 0 Å². The van der Waals surface area contributed by atoms with Crippen LogP contribution in [-0.2, 0) is 11.3 Å². The fraction of sp³-hybridized carbons (Fsp3) is 0.636. The van der Waals surface area contributed by atoms with Gasteiger partial charge in [0.2, 0.25) is 5.91 Å². The molecule has 1 heterocycles. The van der Waals surface area contributed by atoms with Crippen molar-refractivity contribution < 1.29 is 9.90 Å². The van der Waals surface area contributed by atoms with Gasteiger partial charge in [0.05, 0.1) is 5.60 Å². The molecule has 0 aromatic carbocycles. The highest BCUT2D eigenvalue weighted by Gasteiger charge is 2.31. The Morgan fingerprint density at radius 1 is 1.59 bits per heavy atom. The molecule has 1 amide bonds. The lowest BCUT2D eigenvalue weighted by Crippen LogP contribution is -2.41. The van der Waals surface area contributed by atoms with Gasteiger partial charge in [-0.05, 0) is 18.9 Å². The Bertz CT molecular complexity index is 396. The van der Waals surface area contributed by atoms with E-state index in [-0.39, 0.29) is 12.5 Å². The molecule has 0 bridgehead atoms. The van der Waals surface area contributed by atoms with Gasteiger partial charge in [0.1, 0.15) is 12.4 Å². The van der Waals surface area contributed by atoms with E-state index in [4.69, 9.17) is 5.73 Å². The Morgan fingerprint density at radius 2 is 2.29 bits per heavy atom. The summed E-state index contributed by atoms with van der Waals surface area (Å²) in [6, 6.07) is 1.64. The van der Waals surface area contributed by atoms with Crippen molar-refractivity contribution in [3.8, 4) is 0 Å². The standard InChI is InChI=1S/C11H18N4O2/c12-9-3-6-15(14-9)7-10(16)13-8-11(17)4-1-2-5-11/h3,6,17H,1-2,4-5,7-8H2,(H2,12,14)(H,13,16). The number of nitrogens with zero attached hydrogens (tertiary/aromatic N) is 2. The van der Waals surface area contributed by atoms with Crippen molar-refractivity contribution in [2.45, 2.75) is 37.8 Å². The third-order valence-electron chi connectivity index (χ3n) is 3.12. The molecule has 6 heteroatoms. The number of aliphatic hydroxyl groups is 1. The van der Waals surface area contributed by atoms with E-state index in [1.165, 1.54) is 4.68 Å². The molecule has 2 rings (SSSR count). The summed E-state index contributed by atoms with van der Waals surface area (Å²) < 4.78 is 1.48. The molecule has 1 saturated carbocycles. The maximum atomic E-state index is 11.6. The number of rotatable bonds is 4. The highest BCUT2D eigenvalue weighted by atomic mass is 16.3.